The fourth-order valence-electron chi connectivity index (χ4n) is 1.66. The summed E-state index contributed by atoms with van der Waals surface area (Å²) in [4.78, 5) is 12.2. The average Bonchev–Trinajstić information content (AvgIpc) is 2.35. The Balaban J connectivity index is 2.28. The minimum Gasteiger partial charge on any atom is -0.397 e. The van der Waals surface area contributed by atoms with E-state index in [-0.39, 0.29) is 5.91 Å². The van der Waals surface area contributed by atoms with E-state index in [2.05, 4.69) is 27.9 Å². The van der Waals surface area contributed by atoms with Gasteiger partial charge in [-0.05, 0) is 65.4 Å². The van der Waals surface area contributed by atoms with Gasteiger partial charge in [0.25, 0.3) is 5.91 Å². The zero-order valence-corrected chi connectivity index (χ0v) is 13.1. The molecule has 0 aliphatic rings. The summed E-state index contributed by atoms with van der Waals surface area (Å²) >= 11 is 8.01. The smallest absolute Gasteiger partial charge is 0.256 e. The van der Waals surface area contributed by atoms with Gasteiger partial charge in [0, 0.05) is 8.59 Å². The summed E-state index contributed by atoms with van der Waals surface area (Å²) in [5.74, 6) is -0.220. The summed E-state index contributed by atoms with van der Waals surface area (Å²) in [5, 5.41) is 3.32. The van der Waals surface area contributed by atoms with Crippen molar-refractivity contribution in [2.75, 3.05) is 11.1 Å². The fourth-order valence-corrected chi connectivity index (χ4v) is 2.41. The number of halogens is 2. The first-order valence-electron chi connectivity index (χ1n) is 5.60. The molecule has 0 radical (unpaired) electrons. The molecule has 0 fully saturated rings. The van der Waals surface area contributed by atoms with E-state index >= 15 is 0 Å². The van der Waals surface area contributed by atoms with Crippen LogP contribution in [0.25, 0.3) is 0 Å². The predicted octanol–water partition coefficient (Wildman–Crippen LogP) is 4.09. The van der Waals surface area contributed by atoms with Crippen molar-refractivity contribution in [2.24, 2.45) is 0 Å². The molecule has 0 saturated carbocycles. The quantitative estimate of drug-likeness (QED) is 0.603. The topological polar surface area (TPSA) is 55.1 Å². The van der Waals surface area contributed by atoms with E-state index < -0.39 is 0 Å². The van der Waals surface area contributed by atoms with Crippen LogP contribution in [0.15, 0.2) is 36.4 Å². The van der Waals surface area contributed by atoms with Crippen LogP contribution >= 0.6 is 34.2 Å². The number of benzene rings is 2. The molecule has 0 saturated heterocycles. The zero-order chi connectivity index (χ0) is 14.0. The predicted molar refractivity (Wildman–Crippen MR) is 87.7 cm³/mol. The third-order valence-corrected chi connectivity index (χ3v) is 3.80. The van der Waals surface area contributed by atoms with Crippen LogP contribution < -0.4 is 11.1 Å². The Hall–Kier alpha value is -1.27. The number of nitrogens with two attached hydrogens (primary N) is 1. The number of rotatable bonds is 2. The molecule has 3 nitrogen and oxygen atoms in total. The Bertz CT molecular complexity index is 643. The van der Waals surface area contributed by atoms with E-state index in [1.807, 2.05) is 19.1 Å². The molecule has 0 aromatic heterocycles. The van der Waals surface area contributed by atoms with Gasteiger partial charge in [0.1, 0.15) is 0 Å². The standard InChI is InChI=1S/C14H12ClIN2O/c1-8-2-5-13(12(17)6-8)18-14(19)10-7-9(15)3-4-11(10)16/h2-7H,17H2,1H3,(H,18,19). The van der Waals surface area contributed by atoms with Crippen LogP contribution in [0.3, 0.4) is 0 Å². The molecular weight excluding hydrogens is 375 g/mol. The van der Waals surface area contributed by atoms with Crippen molar-refractivity contribution < 1.29 is 4.79 Å². The molecule has 0 heterocycles. The molecule has 2 aromatic rings. The lowest BCUT2D eigenvalue weighted by Crippen LogP contribution is -2.14. The Morgan fingerprint density at radius 3 is 2.68 bits per heavy atom. The van der Waals surface area contributed by atoms with Gasteiger partial charge in [0.15, 0.2) is 0 Å². The van der Waals surface area contributed by atoms with Crippen LogP contribution in [0.1, 0.15) is 15.9 Å². The summed E-state index contributed by atoms with van der Waals surface area (Å²) in [6.45, 7) is 1.95. The molecular formula is C14H12ClIN2O. The summed E-state index contributed by atoms with van der Waals surface area (Å²) in [7, 11) is 0. The first-order chi connectivity index (χ1) is 8.97. The highest BCUT2D eigenvalue weighted by Crippen LogP contribution is 2.23. The van der Waals surface area contributed by atoms with E-state index in [0.717, 1.165) is 9.13 Å². The van der Waals surface area contributed by atoms with Gasteiger partial charge >= 0.3 is 0 Å². The van der Waals surface area contributed by atoms with Gasteiger partial charge in [-0.25, -0.2) is 0 Å². The highest BCUT2D eigenvalue weighted by molar-refractivity contribution is 14.1. The highest BCUT2D eigenvalue weighted by Gasteiger charge is 2.12. The van der Waals surface area contributed by atoms with Crippen molar-refractivity contribution in [2.45, 2.75) is 6.92 Å². The fraction of sp³-hybridized carbons (Fsp3) is 0.0714. The first-order valence-corrected chi connectivity index (χ1v) is 7.05. The molecule has 19 heavy (non-hydrogen) atoms. The van der Waals surface area contributed by atoms with Gasteiger partial charge in [-0.3, -0.25) is 4.79 Å². The number of hydrogen-bond donors (Lipinski definition) is 2. The van der Waals surface area contributed by atoms with Crippen molar-refractivity contribution in [3.8, 4) is 0 Å². The van der Waals surface area contributed by atoms with E-state index in [9.17, 15) is 4.79 Å². The number of carbonyl (C=O) groups is 1. The lowest BCUT2D eigenvalue weighted by Gasteiger charge is -2.10. The molecule has 0 unspecified atom stereocenters. The second kappa shape index (κ2) is 5.79. The first kappa shape index (κ1) is 14.1. The molecule has 2 rings (SSSR count). The number of amides is 1. The van der Waals surface area contributed by atoms with Crippen molar-refractivity contribution in [1.82, 2.24) is 0 Å². The average molecular weight is 387 g/mol. The molecule has 0 aliphatic heterocycles. The number of aryl methyl sites for hydroxylation is 1. The van der Waals surface area contributed by atoms with Gasteiger partial charge < -0.3 is 11.1 Å². The van der Waals surface area contributed by atoms with Crippen molar-refractivity contribution in [3.63, 3.8) is 0 Å². The van der Waals surface area contributed by atoms with Crippen LogP contribution in [0.5, 0.6) is 0 Å². The van der Waals surface area contributed by atoms with Crippen LogP contribution in [-0.2, 0) is 0 Å². The third-order valence-electron chi connectivity index (χ3n) is 2.63. The molecule has 98 valence electrons. The van der Waals surface area contributed by atoms with Crippen LogP contribution in [0.4, 0.5) is 11.4 Å². The van der Waals surface area contributed by atoms with E-state index in [1.54, 1.807) is 24.3 Å². The number of nitrogens with one attached hydrogen (secondary N) is 1. The molecule has 2 aromatic carbocycles. The van der Waals surface area contributed by atoms with Gasteiger partial charge in [-0.2, -0.15) is 0 Å². The third kappa shape index (κ3) is 3.39. The highest BCUT2D eigenvalue weighted by atomic mass is 127. The summed E-state index contributed by atoms with van der Waals surface area (Å²) < 4.78 is 0.838. The Morgan fingerprint density at radius 2 is 2.00 bits per heavy atom. The van der Waals surface area contributed by atoms with Gasteiger partial charge in [0.2, 0.25) is 0 Å². The van der Waals surface area contributed by atoms with Crippen LogP contribution in [0.2, 0.25) is 5.02 Å². The van der Waals surface area contributed by atoms with Crippen molar-refractivity contribution >= 4 is 51.5 Å². The molecule has 0 bridgehead atoms. The van der Waals surface area contributed by atoms with Crippen LogP contribution in [-0.4, -0.2) is 5.91 Å². The Kier molecular flexibility index (Phi) is 4.31. The zero-order valence-electron chi connectivity index (χ0n) is 10.2. The SMILES string of the molecule is Cc1ccc(NC(=O)c2cc(Cl)ccc2I)c(N)c1. The second-order valence-corrected chi connectivity index (χ2v) is 5.77. The maximum Gasteiger partial charge on any atom is 0.256 e. The molecule has 0 atom stereocenters. The second-order valence-electron chi connectivity index (χ2n) is 4.17. The number of hydrogen-bond acceptors (Lipinski definition) is 2. The number of carbonyl (C=O) groups excluding carboxylic acids is 1. The Labute approximate surface area is 130 Å². The van der Waals surface area contributed by atoms with Gasteiger partial charge in [-0.1, -0.05) is 17.7 Å². The lowest BCUT2D eigenvalue weighted by atomic mass is 10.1. The molecule has 0 spiro atoms. The van der Waals surface area contributed by atoms with Gasteiger partial charge in [-0.15, -0.1) is 0 Å². The maximum atomic E-state index is 12.2. The summed E-state index contributed by atoms with van der Waals surface area (Å²) in [6.07, 6.45) is 0. The van der Waals surface area contributed by atoms with Crippen molar-refractivity contribution in [1.29, 1.82) is 0 Å². The minimum atomic E-state index is -0.220. The minimum absolute atomic E-state index is 0.220. The van der Waals surface area contributed by atoms with Crippen LogP contribution in [0, 0.1) is 10.5 Å². The maximum absolute atomic E-state index is 12.2. The molecule has 0 aliphatic carbocycles. The summed E-state index contributed by atoms with van der Waals surface area (Å²) in [5.41, 5.74) is 8.61. The van der Waals surface area contributed by atoms with E-state index in [0.29, 0.717) is 22.0 Å². The summed E-state index contributed by atoms with van der Waals surface area (Å²) in [6, 6.07) is 10.7. The molecule has 3 N–H and O–H groups in total. The normalized spacial score (nSPS) is 10.3. The van der Waals surface area contributed by atoms with Crippen molar-refractivity contribution in [3.05, 3.63) is 56.1 Å². The Morgan fingerprint density at radius 1 is 1.26 bits per heavy atom. The van der Waals surface area contributed by atoms with E-state index in [4.69, 9.17) is 17.3 Å². The number of anilines is 2. The van der Waals surface area contributed by atoms with E-state index in [1.165, 1.54) is 0 Å². The van der Waals surface area contributed by atoms with Gasteiger partial charge in [0.05, 0.1) is 16.9 Å². The number of nitrogen functional groups attached to an aromatic ring is 1. The largest absolute Gasteiger partial charge is 0.397 e. The lowest BCUT2D eigenvalue weighted by molar-refractivity contribution is 0.102. The molecule has 1 amide bonds. The monoisotopic (exact) mass is 386 g/mol. The molecule has 5 heteroatoms.